The zero-order valence-corrected chi connectivity index (χ0v) is 10.6. The second-order valence-electron chi connectivity index (χ2n) is 3.71. The van der Waals surface area contributed by atoms with Crippen LogP contribution in [0.25, 0.3) is 0 Å². The average Bonchev–Trinajstić information content (AvgIpc) is 2.35. The zero-order valence-electron chi connectivity index (χ0n) is 9.81. The van der Waals surface area contributed by atoms with E-state index >= 15 is 0 Å². The van der Waals surface area contributed by atoms with E-state index in [9.17, 15) is 26.4 Å². The van der Waals surface area contributed by atoms with Gasteiger partial charge in [0.05, 0.1) is 0 Å². The topological polar surface area (TPSA) is 104 Å². The maximum absolute atomic E-state index is 13.3. The fourth-order valence-electron chi connectivity index (χ4n) is 1.25. The van der Waals surface area contributed by atoms with E-state index in [0.717, 1.165) is 0 Å². The quantitative estimate of drug-likeness (QED) is 0.652. The van der Waals surface area contributed by atoms with E-state index in [1.165, 1.54) is 0 Å². The molecule has 10 heteroatoms. The largest absolute Gasteiger partial charge is 0.479 e. The molecule has 1 rings (SSSR count). The minimum absolute atomic E-state index is 0.444. The number of sulfonamides is 1. The number of carbonyl (C=O) groups is 1. The molecule has 0 spiro atoms. The number of hydrogen-bond donors (Lipinski definition) is 3. The van der Waals surface area contributed by atoms with Crippen LogP contribution in [0.3, 0.4) is 0 Å². The van der Waals surface area contributed by atoms with Crippen molar-refractivity contribution in [3.05, 3.63) is 29.6 Å². The van der Waals surface area contributed by atoms with Crippen molar-refractivity contribution < 1.29 is 36.6 Å². The van der Waals surface area contributed by atoms with Crippen LogP contribution in [0.2, 0.25) is 0 Å². The molecule has 0 fully saturated rings. The van der Waals surface area contributed by atoms with Crippen molar-refractivity contribution in [2.24, 2.45) is 0 Å². The number of aliphatic carboxylic acids is 1. The van der Waals surface area contributed by atoms with Crippen LogP contribution < -0.4 is 4.72 Å². The maximum Gasteiger partial charge on any atom is 0.332 e. The second kappa shape index (κ2) is 6.20. The van der Waals surface area contributed by atoms with Gasteiger partial charge in [-0.1, -0.05) is 0 Å². The monoisotopic (exact) mass is 313 g/mol. The van der Waals surface area contributed by atoms with Gasteiger partial charge in [0.15, 0.2) is 23.6 Å². The van der Waals surface area contributed by atoms with Crippen LogP contribution in [0.5, 0.6) is 0 Å². The van der Waals surface area contributed by atoms with Crippen LogP contribution in [0.15, 0.2) is 17.0 Å². The molecule has 20 heavy (non-hydrogen) atoms. The van der Waals surface area contributed by atoms with Crippen molar-refractivity contribution in [3.63, 3.8) is 0 Å². The summed E-state index contributed by atoms with van der Waals surface area (Å²) in [5, 5.41) is 17.3. The molecule has 0 saturated heterocycles. The van der Waals surface area contributed by atoms with Gasteiger partial charge in [0.1, 0.15) is 4.90 Å². The van der Waals surface area contributed by atoms with Gasteiger partial charge < -0.3 is 10.2 Å². The normalized spacial score (nSPS) is 13.2. The Morgan fingerprint density at radius 1 is 1.25 bits per heavy atom. The first-order valence-electron chi connectivity index (χ1n) is 5.21. The molecule has 1 atom stereocenters. The van der Waals surface area contributed by atoms with Gasteiger partial charge in [-0.25, -0.2) is 31.1 Å². The summed E-state index contributed by atoms with van der Waals surface area (Å²) in [6.07, 6.45) is -2.27. The Morgan fingerprint density at radius 3 is 2.40 bits per heavy atom. The number of hydrogen-bond acceptors (Lipinski definition) is 4. The molecule has 0 heterocycles. The van der Waals surface area contributed by atoms with Gasteiger partial charge in [-0.15, -0.1) is 0 Å². The molecule has 0 aliphatic rings. The Balaban J connectivity index is 2.85. The summed E-state index contributed by atoms with van der Waals surface area (Å²) in [5.74, 6) is -6.90. The molecule has 0 aliphatic heterocycles. The number of aliphatic hydroxyl groups excluding tert-OH is 1. The van der Waals surface area contributed by atoms with Gasteiger partial charge in [0.25, 0.3) is 0 Å². The first kappa shape index (κ1) is 16.4. The minimum atomic E-state index is -4.49. The average molecular weight is 313 g/mol. The number of halogens is 3. The van der Waals surface area contributed by atoms with Gasteiger partial charge in [0.2, 0.25) is 10.0 Å². The third-order valence-electron chi connectivity index (χ3n) is 2.28. The molecule has 0 bridgehead atoms. The fraction of sp³-hybridized carbons (Fsp3) is 0.300. The molecule has 0 saturated carbocycles. The van der Waals surface area contributed by atoms with Crippen LogP contribution in [0.4, 0.5) is 13.2 Å². The Bertz CT molecular complexity index is 620. The minimum Gasteiger partial charge on any atom is -0.479 e. The number of carboxylic acids is 1. The van der Waals surface area contributed by atoms with Gasteiger partial charge in [-0.05, 0) is 18.6 Å². The lowest BCUT2D eigenvalue weighted by molar-refractivity contribution is -0.146. The lowest BCUT2D eigenvalue weighted by atomic mass is 10.3. The molecular formula is C10H10F3NO5S. The standard InChI is InChI=1S/C10H10F3NO5S/c11-5-1-2-7(9(13)8(5)12)20(18,19)14-4-3-6(15)10(16)17/h1-2,6,14-15H,3-4H2,(H,16,17)/t6-/m0/s1. The summed E-state index contributed by atoms with van der Waals surface area (Å²) in [6.45, 7) is -0.520. The summed E-state index contributed by atoms with van der Waals surface area (Å²) in [6, 6.07) is 0.975. The molecule has 0 radical (unpaired) electrons. The molecule has 1 aromatic carbocycles. The van der Waals surface area contributed by atoms with Crippen LogP contribution in [-0.4, -0.2) is 37.2 Å². The summed E-state index contributed by atoms with van der Waals surface area (Å²) < 4.78 is 63.8. The number of carboxylic acid groups (broad SMARTS) is 1. The van der Waals surface area contributed by atoms with E-state index in [0.29, 0.717) is 12.1 Å². The lowest BCUT2D eigenvalue weighted by Gasteiger charge is -2.09. The SMILES string of the molecule is O=C(O)[C@@H](O)CCNS(=O)(=O)c1ccc(F)c(F)c1F. The molecular weight excluding hydrogens is 303 g/mol. The molecule has 3 N–H and O–H groups in total. The van der Waals surface area contributed by atoms with E-state index in [1.54, 1.807) is 4.72 Å². The smallest absolute Gasteiger partial charge is 0.332 e. The van der Waals surface area contributed by atoms with Crippen LogP contribution in [0, 0.1) is 17.5 Å². The predicted octanol–water partition coefficient (Wildman–Crippen LogP) is 0.218. The highest BCUT2D eigenvalue weighted by atomic mass is 32.2. The van der Waals surface area contributed by atoms with Crippen molar-refractivity contribution in [2.45, 2.75) is 17.4 Å². The molecule has 1 aromatic rings. The third kappa shape index (κ3) is 3.68. The molecule has 0 aromatic heterocycles. The molecule has 0 aliphatic carbocycles. The van der Waals surface area contributed by atoms with Gasteiger partial charge in [-0.2, -0.15) is 0 Å². The summed E-state index contributed by atoms with van der Waals surface area (Å²) in [4.78, 5) is 9.17. The number of nitrogens with one attached hydrogen (secondary N) is 1. The Kier molecular flexibility index (Phi) is 5.09. The number of aliphatic hydroxyl groups is 1. The van der Waals surface area contributed by atoms with E-state index in [4.69, 9.17) is 10.2 Å². The van der Waals surface area contributed by atoms with E-state index in [-0.39, 0.29) is 0 Å². The van der Waals surface area contributed by atoms with Crippen molar-refractivity contribution in [2.75, 3.05) is 6.54 Å². The number of benzene rings is 1. The summed E-state index contributed by atoms with van der Waals surface area (Å²) in [7, 11) is -4.49. The zero-order chi connectivity index (χ0) is 15.5. The molecule has 0 unspecified atom stereocenters. The lowest BCUT2D eigenvalue weighted by Crippen LogP contribution is -2.30. The predicted molar refractivity (Wildman–Crippen MR) is 59.8 cm³/mol. The van der Waals surface area contributed by atoms with Crippen molar-refractivity contribution in [1.29, 1.82) is 0 Å². The third-order valence-corrected chi connectivity index (χ3v) is 3.76. The number of rotatable bonds is 6. The van der Waals surface area contributed by atoms with E-state index < -0.39 is 57.4 Å². The summed E-state index contributed by atoms with van der Waals surface area (Å²) in [5.41, 5.74) is 0. The maximum atomic E-state index is 13.3. The van der Waals surface area contributed by atoms with Crippen LogP contribution in [0.1, 0.15) is 6.42 Å². The van der Waals surface area contributed by atoms with Crippen molar-refractivity contribution >= 4 is 16.0 Å². The van der Waals surface area contributed by atoms with Gasteiger partial charge in [0, 0.05) is 6.54 Å². The highest BCUT2D eigenvalue weighted by Gasteiger charge is 2.24. The fourth-order valence-corrected chi connectivity index (χ4v) is 2.36. The highest BCUT2D eigenvalue weighted by Crippen LogP contribution is 2.19. The molecule has 6 nitrogen and oxygen atoms in total. The summed E-state index contributed by atoms with van der Waals surface area (Å²) >= 11 is 0. The Hall–Kier alpha value is -1.65. The second-order valence-corrected chi connectivity index (χ2v) is 5.45. The Morgan fingerprint density at radius 2 is 1.85 bits per heavy atom. The Labute approximate surface area is 111 Å². The van der Waals surface area contributed by atoms with E-state index in [1.807, 2.05) is 0 Å². The molecule has 112 valence electrons. The molecule has 0 amide bonds. The van der Waals surface area contributed by atoms with Crippen LogP contribution in [-0.2, 0) is 14.8 Å². The van der Waals surface area contributed by atoms with Gasteiger partial charge >= 0.3 is 5.97 Å². The first-order chi connectivity index (χ1) is 9.16. The van der Waals surface area contributed by atoms with Crippen molar-refractivity contribution in [3.8, 4) is 0 Å². The van der Waals surface area contributed by atoms with Crippen molar-refractivity contribution in [1.82, 2.24) is 4.72 Å². The highest BCUT2D eigenvalue weighted by molar-refractivity contribution is 7.89. The first-order valence-corrected chi connectivity index (χ1v) is 6.69. The van der Waals surface area contributed by atoms with Crippen LogP contribution >= 0.6 is 0 Å². The van der Waals surface area contributed by atoms with Gasteiger partial charge in [-0.3, -0.25) is 0 Å². The van der Waals surface area contributed by atoms with E-state index in [2.05, 4.69) is 0 Å².